The van der Waals surface area contributed by atoms with Gasteiger partial charge in [-0.3, -0.25) is 4.79 Å². The molecule has 1 atom stereocenters. The summed E-state index contributed by atoms with van der Waals surface area (Å²) in [6.07, 6.45) is 1.82. The topological polar surface area (TPSA) is 55.4 Å². The molecule has 2 rings (SSSR count). The zero-order valence-electron chi connectivity index (χ0n) is 16.0. The minimum absolute atomic E-state index is 0.0920. The van der Waals surface area contributed by atoms with E-state index in [9.17, 15) is 9.59 Å². The van der Waals surface area contributed by atoms with Gasteiger partial charge in [0, 0.05) is 10.7 Å². The zero-order valence-corrected chi connectivity index (χ0v) is 16.8. The number of hydrogen-bond donors (Lipinski definition) is 1. The van der Waals surface area contributed by atoms with Crippen LogP contribution in [0.2, 0.25) is 5.02 Å². The number of unbranched alkanes of at least 4 members (excludes halogenated alkanes) is 1. The molecule has 0 unspecified atom stereocenters. The number of carbonyl (C=O) groups is 2. The van der Waals surface area contributed by atoms with E-state index in [0.29, 0.717) is 22.9 Å². The third-order valence-electron chi connectivity index (χ3n) is 4.30. The predicted molar refractivity (Wildman–Crippen MR) is 109 cm³/mol. The van der Waals surface area contributed by atoms with Crippen LogP contribution in [-0.2, 0) is 9.53 Å². The van der Waals surface area contributed by atoms with Gasteiger partial charge in [0.05, 0.1) is 18.1 Å². The monoisotopic (exact) mass is 387 g/mol. The largest absolute Gasteiger partial charge is 0.462 e. The first-order chi connectivity index (χ1) is 12.9. The Hall–Kier alpha value is -2.33. The second-order valence-corrected chi connectivity index (χ2v) is 7.27. The first-order valence-electron chi connectivity index (χ1n) is 9.26. The van der Waals surface area contributed by atoms with Crippen molar-refractivity contribution in [2.24, 2.45) is 5.92 Å². The molecule has 2 aromatic carbocycles. The van der Waals surface area contributed by atoms with Crippen LogP contribution in [0.4, 0.5) is 5.69 Å². The van der Waals surface area contributed by atoms with Crippen LogP contribution in [0, 0.1) is 5.92 Å². The summed E-state index contributed by atoms with van der Waals surface area (Å²) in [4.78, 5) is 24.7. The van der Waals surface area contributed by atoms with Gasteiger partial charge in [-0.1, -0.05) is 50.9 Å². The highest BCUT2D eigenvalue weighted by molar-refractivity contribution is 6.30. The Bertz CT molecular complexity index is 754. The normalized spacial score (nSPS) is 11.9. The van der Waals surface area contributed by atoms with Gasteiger partial charge in [0.2, 0.25) is 5.91 Å². The van der Waals surface area contributed by atoms with Crippen molar-refractivity contribution in [2.75, 3.05) is 11.9 Å². The lowest BCUT2D eigenvalue weighted by Crippen LogP contribution is -2.25. The number of hydrogen-bond acceptors (Lipinski definition) is 3. The Balaban J connectivity index is 2.05. The molecule has 4 nitrogen and oxygen atoms in total. The lowest BCUT2D eigenvalue weighted by Gasteiger charge is -2.21. The van der Waals surface area contributed by atoms with Crippen molar-refractivity contribution < 1.29 is 14.3 Å². The van der Waals surface area contributed by atoms with E-state index in [0.717, 1.165) is 18.4 Å². The van der Waals surface area contributed by atoms with Gasteiger partial charge in [-0.15, -0.1) is 0 Å². The second kappa shape index (κ2) is 10.1. The highest BCUT2D eigenvalue weighted by Crippen LogP contribution is 2.27. The smallest absolute Gasteiger partial charge is 0.338 e. The maximum Gasteiger partial charge on any atom is 0.338 e. The van der Waals surface area contributed by atoms with Crippen molar-refractivity contribution in [3.63, 3.8) is 0 Å². The number of nitrogens with one attached hydrogen (secondary N) is 1. The Morgan fingerprint density at radius 2 is 1.67 bits per heavy atom. The van der Waals surface area contributed by atoms with Crippen molar-refractivity contribution in [1.29, 1.82) is 0 Å². The van der Waals surface area contributed by atoms with Crippen LogP contribution < -0.4 is 5.32 Å². The lowest BCUT2D eigenvalue weighted by molar-refractivity contribution is -0.118. The molecule has 0 saturated carbocycles. The maximum absolute atomic E-state index is 12.8. The molecule has 1 N–H and O–H groups in total. The van der Waals surface area contributed by atoms with E-state index in [1.54, 1.807) is 36.4 Å². The first kappa shape index (κ1) is 21.0. The van der Waals surface area contributed by atoms with Gasteiger partial charge in [0.15, 0.2) is 0 Å². The number of benzene rings is 2. The molecule has 0 aliphatic rings. The fraction of sp³-hybridized carbons (Fsp3) is 0.364. The molecule has 0 heterocycles. The van der Waals surface area contributed by atoms with E-state index in [2.05, 4.69) is 5.32 Å². The van der Waals surface area contributed by atoms with Crippen LogP contribution in [0.5, 0.6) is 0 Å². The van der Waals surface area contributed by atoms with Crippen LogP contribution in [0.15, 0.2) is 48.5 Å². The van der Waals surface area contributed by atoms with Crippen LogP contribution in [0.3, 0.4) is 0 Å². The lowest BCUT2D eigenvalue weighted by atomic mass is 9.87. The van der Waals surface area contributed by atoms with E-state index in [4.69, 9.17) is 16.3 Å². The third-order valence-corrected chi connectivity index (χ3v) is 4.55. The molecule has 144 valence electrons. The predicted octanol–water partition coefficient (Wildman–Crippen LogP) is 5.68. The Kier molecular flexibility index (Phi) is 7.86. The van der Waals surface area contributed by atoms with Crippen molar-refractivity contribution in [1.82, 2.24) is 0 Å². The Morgan fingerprint density at radius 3 is 2.22 bits per heavy atom. The molecule has 0 aromatic heterocycles. The Labute approximate surface area is 165 Å². The molecule has 0 aliphatic heterocycles. The molecule has 0 aliphatic carbocycles. The number of anilines is 1. The minimum Gasteiger partial charge on any atom is -0.462 e. The van der Waals surface area contributed by atoms with Gasteiger partial charge in [0.25, 0.3) is 0 Å². The molecule has 0 spiro atoms. The molecule has 0 fully saturated rings. The molecule has 0 radical (unpaired) electrons. The Morgan fingerprint density at radius 1 is 1.04 bits per heavy atom. The number of carbonyl (C=O) groups excluding carboxylic acids is 2. The van der Waals surface area contributed by atoms with Gasteiger partial charge in [-0.2, -0.15) is 0 Å². The highest BCUT2D eigenvalue weighted by atomic mass is 35.5. The molecular formula is C22H26ClNO3. The second-order valence-electron chi connectivity index (χ2n) is 6.83. The van der Waals surface area contributed by atoms with Crippen molar-refractivity contribution >= 4 is 29.2 Å². The summed E-state index contributed by atoms with van der Waals surface area (Å²) >= 11 is 5.95. The van der Waals surface area contributed by atoms with Crippen LogP contribution in [-0.4, -0.2) is 18.5 Å². The van der Waals surface area contributed by atoms with Crippen molar-refractivity contribution in [3.05, 3.63) is 64.7 Å². The summed E-state index contributed by atoms with van der Waals surface area (Å²) in [5.74, 6) is -0.604. The van der Waals surface area contributed by atoms with Gasteiger partial charge in [-0.05, 0) is 54.3 Å². The maximum atomic E-state index is 12.8. The van der Waals surface area contributed by atoms with E-state index in [-0.39, 0.29) is 23.7 Å². The number of esters is 1. The summed E-state index contributed by atoms with van der Waals surface area (Å²) < 4.78 is 5.19. The summed E-state index contributed by atoms with van der Waals surface area (Å²) in [6, 6.07) is 14.1. The highest BCUT2D eigenvalue weighted by Gasteiger charge is 2.24. The first-order valence-corrected chi connectivity index (χ1v) is 9.63. The molecule has 1 amide bonds. The molecule has 27 heavy (non-hydrogen) atoms. The summed E-state index contributed by atoms with van der Waals surface area (Å²) in [5.41, 5.74) is 2.04. The molecule has 5 heteroatoms. The summed E-state index contributed by atoms with van der Waals surface area (Å²) in [6.45, 7) is 6.48. The molecule has 0 bridgehead atoms. The van der Waals surface area contributed by atoms with Crippen LogP contribution in [0.25, 0.3) is 0 Å². The van der Waals surface area contributed by atoms with E-state index < -0.39 is 0 Å². The SMILES string of the molecule is CCCCOC(=O)c1ccc(NC(=O)[C@H](c2ccc(Cl)cc2)C(C)C)cc1. The number of halogens is 1. The number of rotatable bonds is 8. The quantitative estimate of drug-likeness (QED) is 0.468. The number of ether oxygens (including phenoxy) is 1. The van der Waals surface area contributed by atoms with Gasteiger partial charge in [0.1, 0.15) is 0 Å². The third kappa shape index (κ3) is 6.10. The zero-order chi connectivity index (χ0) is 19.8. The number of amides is 1. The summed E-state index contributed by atoms with van der Waals surface area (Å²) in [5, 5.41) is 3.57. The van der Waals surface area contributed by atoms with Crippen LogP contribution in [0.1, 0.15) is 55.5 Å². The molecule has 2 aromatic rings. The van der Waals surface area contributed by atoms with Crippen molar-refractivity contribution in [3.8, 4) is 0 Å². The average Bonchev–Trinajstić information content (AvgIpc) is 2.64. The van der Waals surface area contributed by atoms with Crippen LogP contribution >= 0.6 is 11.6 Å². The van der Waals surface area contributed by atoms with E-state index in [1.807, 2.05) is 32.9 Å². The fourth-order valence-corrected chi connectivity index (χ4v) is 2.94. The van der Waals surface area contributed by atoms with E-state index >= 15 is 0 Å². The van der Waals surface area contributed by atoms with Gasteiger partial charge >= 0.3 is 5.97 Å². The van der Waals surface area contributed by atoms with Gasteiger partial charge < -0.3 is 10.1 Å². The average molecular weight is 388 g/mol. The van der Waals surface area contributed by atoms with E-state index in [1.165, 1.54) is 0 Å². The van der Waals surface area contributed by atoms with Crippen molar-refractivity contribution in [2.45, 2.75) is 39.5 Å². The molecular weight excluding hydrogens is 362 g/mol. The standard InChI is InChI=1S/C22H26ClNO3/c1-4-5-14-27-22(26)17-8-12-19(13-9-17)24-21(25)20(15(2)3)16-6-10-18(23)11-7-16/h6-13,15,20H,4-5,14H2,1-3H3,(H,24,25)/t20-/m0/s1. The van der Waals surface area contributed by atoms with Gasteiger partial charge in [-0.25, -0.2) is 4.79 Å². The molecule has 0 saturated heterocycles. The minimum atomic E-state index is -0.345. The fourth-order valence-electron chi connectivity index (χ4n) is 2.81. The summed E-state index contributed by atoms with van der Waals surface area (Å²) in [7, 11) is 0.